The molecule has 1 heterocycles. The van der Waals surface area contributed by atoms with Crippen LogP contribution in [0.5, 0.6) is 0 Å². The molecule has 0 amide bonds. The second kappa shape index (κ2) is 4.42. The highest BCUT2D eigenvalue weighted by Crippen LogP contribution is 2.28. The average Bonchev–Trinajstić information content (AvgIpc) is 2.81. The Morgan fingerprint density at radius 3 is 2.69 bits per heavy atom. The fourth-order valence-corrected chi connectivity index (χ4v) is 2.24. The van der Waals surface area contributed by atoms with Crippen LogP contribution < -0.4 is 5.73 Å². The molecule has 0 fully saturated rings. The van der Waals surface area contributed by atoms with E-state index in [1.54, 1.807) is 18.2 Å². The standard InChI is InChI=1S/C11H10N2O2S/c12-11(8-5-6-16-7-8)9-3-1-2-4-10(9)13(14)15/h1-7,11H,12H2/t11-/m0/s1. The van der Waals surface area contributed by atoms with Gasteiger partial charge in [0.15, 0.2) is 0 Å². The van der Waals surface area contributed by atoms with Crippen molar-refractivity contribution in [2.24, 2.45) is 5.73 Å². The van der Waals surface area contributed by atoms with E-state index in [1.807, 2.05) is 16.8 Å². The van der Waals surface area contributed by atoms with Crippen molar-refractivity contribution in [3.05, 3.63) is 62.3 Å². The Morgan fingerprint density at radius 2 is 2.06 bits per heavy atom. The van der Waals surface area contributed by atoms with Crippen molar-refractivity contribution in [2.75, 3.05) is 0 Å². The third-order valence-electron chi connectivity index (χ3n) is 2.37. The number of nitrogens with two attached hydrogens (primary N) is 1. The molecular weight excluding hydrogens is 224 g/mol. The molecule has 0 saturated heterocycles. The Bertz CT molecular complexity index is 496. The highest BCUT2D eigenvalue weighted by molar-refractivity contribution is 7.08. The summed E-state index contributed by atoms with van der Waals surface area (Å²) in [4.78, 5) is 10.4. The third-order valence-corrected chi connectivity index (χ3v) is 3.07. The van der Waals surface area contributed by atoms with Gasteiger partial charge in [-0.2, -0.15) is 11.3 Å². The molecule has 0 bridgehead atoms. The molecule has 0 aliphatic rings. The number of nitro benzene ring substituents is 1. The predicted molar refractivity (Wildman–Crippen MR) is 63.4 cm³/mol. The van der Waals surface area contributed by atoms with Crippen LogP contribution in [0.1, 0.15) is 17.2 Å². The van der Waals surface area contributed by atoms with E-state index in [4.69, 9.17) is 5.73 Å². The molecule has 16 heavy (non-hydrogen) atoms. The lowest BCUT2D eigenvalue weighted by Gasteiger charge is -2.10. The van der Waals surface area contributed by atoms with Crippen molar-refractivity contribution >= 4 is 17.0 Å². The zero-order valence-corrected chi connectivity index (χ0v) is 9.18. The van der Waals surface area contributed by atoms with E-state index >= 15 is 0 Å². The number of hydrogen-bond acceptors (Lipinski definition) is 4. The number of nitrogens with zero attached hydrogens (tertiary/aromatic N) is 1. The van der Waals surface area contributed by atoms with E-state index < -0.39 is 11.0 Å². The van der Waals surface area contributed by atoms with E-state index in [0.29, 0.717) is 5.56 Å². The summed E-state index contributed by atoms with van der Waals surface area (Å²) >= 11 is 1.53. The first-order valence-electron chi connectivity index (χ1n) is 4.71. The van der Waals surface area contributed by atoms with Crippen molar-refractivity contribution < 1.29 is 4.92 Å². The number of benzene rings is 1. The highest BCUT2D eigenvalue weighted by atomic mass is 32.1. The summed E-state index contributed by atoms with van der Waals surface area (Å²) in [7, 11) is 0. The summed E-state index contributed by atoms with van der Waals surface area (Å²) in [5.41, 5.74) is 7.52. The van der Waals surface area contributed by atoms with Gasteiger partial charge in [-0.1, -0.05) is 18.2 Å². The molecule has 1 atom stereocenters. The normalized spacial score (nSPS) is 12.3. The minimum atomic E-state index is -0.437. The molecule has 0 radical (unpaired) electrons. The number of hydrogen-bond donors (Lipinski definition) is 1. The van der Waals surface area contributed by atoms with Crippen LogP contribution in [0.25, 0.3) is 0 Å². The van der Waals surface area contributed by atoms with Crippen LogP contribution in [0.15, 0.2) is 41.1 Å². The second-order valence-electron chi connectivity index (χ2n) is 3.35. The van der Waals surface area contributed by atoms with Gasteiger partial charge in [-0.25, -0.2) is 0 Å². The van der Waals surface area contributed by atoms with Crippen molar-refractivity contribution in [2.45, 2.75) is 6.04 Å². The molecule has 1 aromatic heterocycles. The maximum atomic E-state index is 10.8. The third kappa shape index (κ3) is 1.95. The van der Waals surface area contributed by atoms with Gasteiger partial charge < -0.3 is 5.73 Å². The van der Waals surface area contributed by atoms with Gasteiger partial charge in [0.05, 0.1) is 16.5 Å². The Morgan fingerprint density at radius 1 is 1.31 bits per heavy atom. The largest absolute Gasteiger partial charge is 0.320 e. The van der Waals surface area contributed by atoms with Gasteiger partial charge in [-0.3, -0.25) is 10.1 Å². The zero-order chi connectivity index (χ0) is 11.5. The van der Waals surface area contributed by atoms with Crippen LogP contribution in [0.3, 0.4) is 0 Å². The molecule has 2 aromatic rings. The van der Waals surface area contributed by atoms with Gasteiger partial charge in [-0.15, -0.1) is 0 Å². The molecule has 0 unspecified atom stereocenters. The van der Waals surface area contributed by atoms with E-state index in [1.165, 1.54) is 17.4 Å². The maximum absolute atomic E-state index is 10.8. The molecular formula is C11H10N2O2S. The summed E-state index contributed by atoms with van der Waals surface area (Å²) in [6.07, 6.45) is 0. The maximum Gasteiger partial charge on any atom is 0.274 e. The molecule has 5 heteroatoms. The topological polar surface area (TPSA) is 69.2 Å². The Kier molecular flexibility index (Phi) is 2.98. The SMILES string of the molecule is N[C@@H](c1ccsc1)c1ccccc1[N+](=O)[O-]. The summed E-state index contributed by atoms with van der Waals surface area (Å²) in [6, 6.07) is 8.01. The molecule has 0 spiro atoms. The van der Waals surface area contributed by atoms with Crippen molar-refractivity contribution in [1.29, 1.82) is 0 Å². The van der Waals surface area contributed by atoms with Crippen molar-refractivity contribution in [1.82, 2.24) is 0 Å². The molecule has 1 aromatic carbocycles. The fourth-order valence-electron chi connectivity index (χ4n) is 1.55. The summed E-state index contributed by atoms with van der Waals surface area (Å²) in [5, 5.41) is 14.7. The number of para-hydroxylation sites is 1. The quantitative estimate of drug-likeness (QED) is 0.655. The van der Waals surface area contributed by atoms with Crippen LogP contribution in [0, 0.1) is 10.1 Å². The van der Waals surface area contributed by atoms with Crippen LogP contribution in [0.2, 0.25) is 0 Å². The molecule has 0 aliphatic heterocycles. The predicted octanol–water partition coefficient (Wildman–Crippen LogP) is 2.70. The second-order valence-corrected chi connectivity index (χ2v) is 4.13. The van der Waals surface area contributed by atoms with Crippen molar-refractivity contribution in [3.8, 4) is 0 Å². The van der Waals surface area contributed by atoms with E-state index in [0.717, 1.165) is 5.56 Å². The zero-order valence-electron chi connectivity index (χ0n) is 8.37. The van der Waals surface area contributed by atoms with Crippen LogP contribution in [0.4, 0.5) is 5.69 Å². The van der Waals surface area contributed by atoms with Gasteiger partial charge in [0, 0.05) is 6.07 Å². The van der Waals surface area contributed by atoms with Crippen LogP contribution >= 0.6 is 11.3 Å². The monoisotopic (exact) mass is 234 g/mol. The number of rotatable bonds is 3. The first-order valence-corrected chi connectivity index (χ1v) is 5.65. The van der Waals surface area contributed by atoms with E-state index in [2.05, 4.69) is 0 Å². The van der Waals surface area contributed by atoms with Gasteiger partial charge >= 0.3 is 0 Å². The van der Waals surface area contributed by atoms with E-state index in [-0.39, 0.29) is 5.69 Å². The minimum absolute atomic E-state index is 0.0706. The van der Waals surface area contributed by atoms with E-state index in [9.17, 15) is 10.1 Å². The fraction of sp³-hybridized carbons (Fsp3) is 0.0909. The first-order chi connectivity index (χ1) is 7.70. The highest BCUT2D eigenvalue weighted by Gasteiger charge is 2.19. The van der Waals surface area contributed by atoms with Gasteiger partial charge in [-0.05, 0) is 22.4 Å². The van der Waals surface area contributed by atoms with Gasteiger partial charge in [0.25, 0.3) is 5.69 Å². The van der Waals surface area contributed by atoms with Crippen LogP contribution in [-0.2, 0) is 0 Å². The van der Waals surface area contributed by atoms with Gasteiger partial charge in [0.2, 0.25) is 0 Å². The van der Waals surface area contributed by atoms with Gasteiger partial charge in [0.1, 0.15) is 0 Å². The molecule has 2 rings (SSSR count). The summed E-state index contributed by atoms with van der Waals surface area (Å²) < 4.78 is 0. The lowest BCUT2D eigenvalue weighted by atomic mass is 10.0. The minimum Gasteiger partial charge on any atom is -0.320 e. The Balaban J connectivity index is 2.44. The van der Waals surface area contributed by atoms with Crippen LogP contribution in [-0.4, -0.2) is 4.92 Å². The smallest absolute Gasteiger partial charge is 0.274 e. The molecule has 2 N–H and O–H groups in total. The lowest BCUT2D eigenvalue weighted by molar-refractivity contribution is -0.385. The Hall–Kier alpha value is -1.72. The number of nitro groups is 1. The molecule has 4 nitrogen and oxygen atoms in total. The molecule has 0 aliphatic carbocycles. The molecule has 82 valence electrons. The van der Waals surface area contributed by atoms with Crippen molar-refractivity contribution in [3.63, 3.8) is 0 Å². The first kappa shape index (κ1) is 10.8. The lowest BCUT2D eigenvalue weighted by Crippen LogP contribution is -2.12. The average molecular weight is 234 g/mol. The Labute approximate surface area is 96.5 Å². The summed E-state index contributed by atoms with van der Waals surface area (Å²) in [6.45, 7) is 0. The number of thiophene rings is 1. The summed E-state index contributed by atoms with van der Waals surface area (Å²) in [5.74, 6) is 0. The molecule has 0 saturated carbocycles.